The standard InChI is InChI=1S/C23H24N4O5/c28-18(16-5-6-19-20(11-16)32-10-9-31-19)14-26-17-4-2-8-25-21(17)22(29)27(23(26)30)13-15-3-1-7-24-12-15/h1,3,5-7,11-12,17,21,25H,2,4,8-10,13-14H2. The number of piperidine rings is 1. The van der Waals surface area contributed by atoms with Crippen LogP contribution in [0.3, 0.4) is 0 Å². The molecule has 2 unspecified atom stereocenters. The molecule has 0 radical (unpaired) electrons. The highest BCUT2D eigenvalue weighted by molar-refractivity contribution is 6.04. The Labute approximate surface area is 185 Å². The van der Waals surface area contributed by atoms with E-state index in [2.05, 4.69) is 10.3 Å². The van der Waals surface area contributed by atoms with E-state index in [-0.39, 0.29) is 30.8 Å². The predicted molar refractivity (Wildman–Crippen MR) is 113 cm³/mol. The summed E-state index contributed by atoms with van der Waals surface area (Å²) in [5.74, 6) is 0.659. The number of carbonyl (C=O) groups excluding carboxylic acids is 3. The quantitative estimate of drug-likeness (QED) is 0.711. The molecule has 1 aromatic carbocycles. The lowest BCUT2D eigenvalue weighted by Gasteiger charge is -2.46. The van der Waals surface area contributed by atoms with Gasteiger partial charge in [0.05, 0.1) is 19.1 Å². The number of nitrogens with one attached hydrogen (secondary N) is 1. The summed E-state index contributed by atoms with van der Waals surface area (Å²) in [6.07, 6.45) is 4.77. The number of Topliss-reactive ketones (excluding diaryl/α,β-unsaturated/α-hetero) is 1. The fourth-order valence-corrected chi connectivity index (χ4v) is 4.49. The minimum atomic E-state index is -0.522. The van der Waals surface area contributed by atoms with Crippen LogP contribution in [-0.4, -0.2) is 70.9 Å². The van der Waals surface area contributed by atoms with E-state index in [4.69, 9.17) is 9.47 Å². The van der Waals surface area contributed by atoms with Crippen molar-refractivity contribution in [2.75, 3.05) is 26.3 Å². The van der Waals surface area contributed by atoms with E-state index >= 15 is 0 Å². The lowest BCUT2D eigenvalue weighted by molar-refractivity contribution is -0.137. The van der Waals surface area contributed by atoms with Crippen LogP contribution in [-0.2, 0) is 11.3 Å². The number of hydrogen-bond acceptors (Lipinski definition) is 7. The average molecular weight is 436 g/mol. The summed E-state index contributed by atoms with van der Waals surface area (Å²) >= 11 is 0. The molecule has 0 aliphatic carbocycles. The molecule has 1 aromatic heterocycles. The molecule has 9 nitrogen and oxygen atoms in total. The van der Waals surface area contributed by atoms with E-state index in [9.17, 15) is 14.4 Å². The van der Waals surface area contributed by atoms with Gasteiger partial charge in [-0.25, -0.2) is 4.79 Å². The van der Waals surface area contributed by atoms with Gasteiger partial charge in [-0.3, -0.25) is 19.5 Å². The zero-order valence-corrected chi connectivity index (χ0v) is 17.5. The van der Waals surface area contributed by atoms with Crippen molar-refractivity contribution in [1.82, 2.24) is 20.1 Å². The van der Waals surface area contributed by atoms with Gasteiger partial charge >= 0.3 is 6.03 Å². The second-order valence-corrected chi connectivity index (χ2v) is 8.12. The molecular weight excluding hydrogens is 412 g/mol. The van der Waals surface area contributed by atoms with Crippen LogP contribution in [0.4, 0.5) is 4.79 Å². The lowest BCUT2D eigenvalue weighted by atomic mass is 9.92. The van der Waals surface area contributed by atoms with Crippen molar-refractivity contribution in [3.63, 3.8) is 0 Å². The van der Waals surface area contributed by atoms with Crippen molar-refractivity contribution < 1.29 is 23.9 Å². The molecule has 5 rings (SSSR count). The summed E-state index contributed by atoms with van der Waals surface area (Å²) in [7, 11) is 0. The van der Waals surface area contributed by atoms with Gasteiger partial charge in [0, 0.05) is 18.0 Å². The fourth-order valence-electron chi connectivity index (χ4n) is 4.49. The van der Waals surface area contributed by atoms with E-state index in [1.165, 1.54) is 9.80 Å². The molecule has 0 saturated carbocycles. The predicted octanol–water partition coefficient (Wildman–Crippen LogP) is 1.62. The molecule has 2 saturated heterocycles. The first-order valence-corrected chi connectivity index (χ1v) is 10.8. The third-order valence-corrected chi connectivity index (χ3v) is 6.08. The number of hydrogen-bond donors (Lipinski definition) is 1. The number of ketones is 1. The highest BCUT2D eigenvalue weighted by Crippen LogP contribution is 2.31. The van der Waals surface area contributed by atoms with Crippen LogP contribution in [0.1, 0.15) is 28.8 Å². The molecule has 1 N–H and O–H groups in total. The Morgan fingerprint density at radius 2 is 2.00 bits per heavy atom. The van der Waals surface area contributed by atoms with E-state index in [0.29, 0.717) is 43.2 Å². The fraction of sp³-hybridized carbons (Fsp3) is 0.391. The summed E-state index contributed by atoms with van der Waals surface area (Å²) in [4.78, 5) is 46.5. The number of pyridine rings is 1. The summed E-state index contributed by atoms with van der Waals surface area (Å²) in [6.45, 7) is 1.60. The zero-order chi connectivity index (χ0) is 22.1. The van der Waals surface area contributed by atoms with Crippen LogP contribution in [0.5, 0.6) is 11.5 Å². The summed E-state index contributed by atoms with van der Waals surface area (Å²) in [6, 6.07) is 7.30. The molecule has 32 heavy (non-hydrogen) atoms. The summed E-state index contributed by atoms with van der Waals surface area (Å²) < 4.78 is 11.1. The van der Waals surface area contributed by atoms with Crippen molar-refractivity contribution in [3.05, 3.63) is 53.9 Å². The third kappa shape index (κ3) is 3.80. The molecule has 2 fully saturated rings. The number of urea groups is 1. The van der Waals surface area contributed by atoms with Crippen LogP contribution >= 0.6 is 0 Å². The molecule has 3 aliphatic rings. The number of aromatic nitrogens is 1. The number of carbonyl (C=O) groups is 3. The van der Waals surface area contributed by atoms with E-state index in [1.807, 2.05) is 6.07 Å². The number of imide groups is 1. The number of rotatable bonds is 5. The maximum atomic E-state index is 13.4. The van der Waals surface area contributed by atoms with Gasteiger partial charge < -0.3 is 19.7 Å². The minimum Gasteiger partial charge on any atom is -0.486 e. The van der Waals surface area contributed by atoms with E-state index in [0.717, 1.165) is 12.0 Å². The third-order valence-electron chi connectivity index (χ3n) is 6.08. The minimum absolute atomic E-state index is 0.113. The second-order valence-electron chi connectivity index (χ2n) is 8.12. The van der Waals surface area contributed by atoms with E-state index in [1.54, 1.807) is 36.7 Å². The van der Waals surface area contributed by atoms with Gasteiger partial charge in [-0.1, -0.05) is 6.07 Å². The molecule has 4 heterocycles. The largest absolute Gasteiger partial charge is 0.486 e. The number of amides is 3. The SMILES string of the molecule is O=C(CN1C(=O)N(Cc2cccnc2)C(=O)C2NCCCC21)c1ccc2c(c1)OCCO2. The maximum Gasteiger partial charge on any atom is 0.327 e. The van der Waals surface area contributed by atoms with Crippen molar-refractivity contribution >= 4 is 17.7 Å². The molecule has 3 aliphatic heterocycles. The molecule has 166 valence electrons. The van der Waals surface area contributed by atoms with Gasteiger partial charge in [0.1, 0.15) is 19.3 Å². The number of ether oxygens (including phenoxy) is 2. The molecule has 0 bridgehead atoms. The molecule has 0 spiro atoms. The van der Waals surface area contributed by atoms with Gasteiger partial charge in [0.15, 0.2) is 17.3 Å². The first kappa shape index (κ1) is 20.4. The number of nitrogens with zero attached hydrogens (tertiary/aromatic N) is 3. The highest BCUT2D eigenvalue weighted by Gasteiger charge is 2.47. The van der Waals surface area contributed by atoms with Gasteiger partial charge in [0.25, 0.3) is 0 Å². The second kappa shape index (κ2) is 8.58. The Bertz CT molecular complexity index is 1040. The normalized spacial score (nSPS) is 22.5. The van der Waals surface area contributed by atoms with E-state index < -0.39 is 12.1 Å². The molecule has 2 aromatic rings. The van der Waals surface area contributed by atoms with Crippen LogP contribution in [0.2, 0.25) is 0 Å². The Hall–Kier alpha value is -3.46. The van der Waals surface area contributed by atoms with Crippen molar-refractivity contribution in [2.24, 2.45) is 0 Å². The summed E-state index contributed by atoms with van der Waals surface area (Å²) in [5.41, 5.74) is 1.19. The van der Waals surface area contributed by atoms with Crippen LogP contribution in [0.25, 0.3) is 0 Å². The number of fused-ring (bicyclic) bond motifs is 2. The van der Waals surface area contributed by atoms with Gasteiger partial charge in [-0.05, 0) is 49.2 Å². The van der Waals surface area contributed by atoms with Gasteiger partial charge in [-0.2, -0.15) is 0 Å². The van der Waals surface area contributed by atoms with Gasteiger partial charge in [0.2, 0.25) is 5.91 Å². The number of benzene rings is 1. The highest BCUT2D eigenvalue weighted by atomic mass is 16.6. The summed E-state index contributed by atoms with van der Waals surface area (Å²) in [5, 5.41) is 3.24. The van der Waals surface area contributed by atoms with Crippen molar-refractivity contribution in [3.8, 4) is 11.5 Å². The first-order valence-electron chi connectivity index (χ1n) is 10.8. The monoisotopic (exact) mass is 436 g/mol. The Morgan fingerprint density at radius 1 is 1.16 bits per heavy atom. The Morgan fingerprint density at radius 3 is 2.81 bits per heavy atom. The Kier molecular flexibility index (Phi) is 5.48. The average Bonchev–Trinajstić information content (AvgIpc) is 2.84. The maximum absolute atomic E-state index is 13.4. The topological polar surface area (TPSA) is 101 Å². The molecule has 9 heteroatoms. The van der Waals surface area contributed by atoms with Crippen molar-refractivity contribution in [1.29, 1.82) is 0 Å². The van der Waals surface area contributed by atoms with Gasteiger partial charge in [-0.15, -0.1) is 0 Å². The van der Waals surface area contributed by atoms with Crippen LogP contribution in [0.15, 0.2) is 42.7 Å². The molecular formula is C23H24N4O5. The van der Waals surface area contributed by atoms with Crippen LogP contribution < -0.4 is 14.8 Å². The Balaban J connectivity index is 1.40. The molecule has 3 amide bonds. The van der Waals surface area contributed by atoms with Crippen molar-refractivity contribution in [2.45, 2.75) is 31.5 Å². The molecule has 2 atom stereocenters. The van der Waals surface area contributed by atoms with Crippen LogP contribution in [0, 0.1) is 0 Å². The first-order chi connectivity index (χ1) is 15.6. The zero-order valence-electron chi connectivity index (χ0n) is 17.5. The smallest absolute Gasteiger partial charge is 0.327 e. The lowest BCUT2D eigenvalue weighted by Crippen LogP contribution is -2.69.